The summed E-state index contributed by atoms with van der Waals surface area (Å²) in [5.74, 6) is 0. The van der Waals surface area contributed by atoms with Gasteiger partial charge in [0.1, 0.15) is 0 Å². The molecule has 0 aromatic heterocycles. The van der Waals surface area contributed by atoms with Gasteiger partial charge in [-0.1, -0.05) is 12.1 Å². The molecular formula is C14H21N3O. The van der Waals surface area contributed by atoms with Gasteiger partial charge in [-0.3, -0.25) is 0 Å². The summed E-state index contributed by atoms with van der Waals surface area (Å²) in [6.07, 6.45) is 2.23. The summed E-state index contributed by atoms with van der Waals surface area (Å²) in [6.45, 7) is 6.41. The Labute approximate surface area is 108 Å². The number of nitrogens with one attached hydrogen (secondary N) is 2. The van der Waals surface area contributed by atoms with Gasteiger partial charge in [-0.05, 0) is 38.3 Å². The maximum Gasteiger partial charge on any atom is 0.321 e. The first-order chi connectivity index (χ1) is 8.76. The van der Waals surface area contributed by atoms with E-state index in [1.807, 2.05) is 26.0 Å². The fourth-order valence-corrected chi connectivity index (χ4v) is 2.32. The second kappa shape index (κ2) is 5.76. The second-order valence-electron chi connectivity index (χ2n) is 4.47. The maximum atomic E-state index is 12.0. The molecule has 0 saturated heterocycles. The van der Waals surface area contributed by atoms with Crippen molar-refractivity contribution in [1.82, 2.24) is 4.90 Å². The molecule has 0 radical (unpaired) electrons. The molecule has 98 valence electrons. The monoisotopic (exact) mass is 247 g/mol. The Morgan fingerprint density at radius 1 is 1.39 bits per heavy atom. The van der Waals surface area contributed by atoms with Gasteiger partial charge in [0.25, 0.3) is 0 Å². The molecule has 1 aromatic carbocycles. The van der Waals surface area contributed by atoms with Crippen molar-refractivity contribution in [3.05, 3.63) is 23.8 Å². The molecule has 0 atom stereocenters. The number of fused-ring (bicyclic) bond motifs is 1. The lowest BCUT2D eigenvalue weighted by Gasteiger charge is -2.24. The van der Waals surface area contributed by atoms with E-state index in [-0.39, 0.29) is 6.03 Å². The van der Waals surface area contributed by atoms with E-state index >= 15 is 0 Å². The van der Waals surface area contributed by atoms with Gasteiger partial charge in [0, 0.05) is 19.6 Å². The largest absolute Gasteiger partial charge is 0.383 e. The van der Waals surface area contributed by atoms with Crippen LogP contribution >= 0.6 is 0 Å². The van der Waals surface area contributed by atoms with Crippen molar-refractivity contribution in [3.63, 3.8) is 0 Å². The zero-order valence-corrected chi connectivity index (χ0v) is 11.1. The molecule has 4 heteroatoms. The highest BCUT2D eigenvalue weighted by molar-refractivity contribution is 5.93. The number of urea groups is 1. The Morgan fingerprint density at radius 2 is 2.17 bits per heavy atom. The summed E-state index contributed by atoms with van der Waals surface area (Å²) < 4.78 is 0. The molecule has 2 amide bonds. The molecule has 0 unspecified atom stereocenters. The minimum absolute atomic E-state index is 0.0271. The summed E-state index contributed by atoms with van der Waals surface area (Å²) >= 11 is 0. The van der Waals surface area contributed by atoms with Crippen LogP contribution in [0.25, 0.3) is 0 Å². The van der Waals surface area contributed by atoms with Gasteiger partial charge in [0.05, 0.1) is 11.4 Å². The predicted octanol–water partition coefficient (Wildman–Crippen LogP) is 2.92. The molecule has 0 bridgehead atoms. The third-order valence-corrected chi connectivity index (χ3v) is 3.37. The van der Waals surface area contributed by atoms with Gasteiger partial charge in [-0.25, -0.2) is 4.79 Å². The van der Waals surface area contributed by atoms with Crippen LogP contribution in [0.2, 0.25) is 0 Å². The Hall–Kier alpha value is -1.71. The number of nitrogens with zero attached hydrogens (tertiary/aromatic N) is 1. The fourth-order valence-electron chi connectivity index (χ4n) is 2.32. The van der Waals surface area contributed by atoms with Gasteiger partial charge in [-0.2, -0.15) is 0 Å². The summed E-state index contributed by atoms with van der Waals surface area (Å²) in [4.78, 5) is 13.8. The molecule has 0 spiro atoms. The van der Waals surface area contributed by atoms with Crippen molar-refractivity contribution in [2.24, 2.45) is 0 Å². The molecule has 0 aliphatic carbocycles. The summed E-state index contributed by atoms with van der Waals surface area (Å²) in [5, 5.41) is 6.37. The standard InChI is InChI=1S/C14H21N3O/c1-3-17(4-2)14(18)16-12-9-5-7-11-8-6-10-15-13(11)12/h5,7,9,15H,3-4,6,8,10H2,1-2H3,(H,16,18). The molecule has 1 aliphatic heterocycles. The van der Waals surface area contributed by atoms with Crippen LogP contribution in [-0.4, -0.2) is 30.6 Å². The number of hydrogen-bond donors (Lipinski definition) is 2. The van der Waals surface area contributed by atoms with E-state index in [1.54, 1.807) is 4.90 Å². The predicted molar refractivity (Wildman–Crippen MR) is 75.2 cm³/mol. The number of aryl methyl sites for hydroxylation is 1. The highest BCUT2D eigenvalue weighted by Gasteiger charge is 2.15. The molecule has 0 saturated carbocycles. The first-order valence-corrected chi connectivity index (χ1v) is 6.68. The quantitative estimate of drug-likeness (QED) is 0.862. The van der Waals surface area contributed by atoms with Gasteiger partial charge >= 0.3 is 6.03 Å². The molecule has 1 aromatic rings. The second-order valence-corrected chi connectivity index (χ2v) is 4.47. The molecule has 2 rings (SSSR count). The topological polar surface area (TPSA) is 44.4 Å². The SMILES string of the molecule is CCN(CC)C(=O)Nc1cccc2c1NCCC2. The first kappa shape index (κ1) is 12.7. The fraction of sp³-hybridized carbons (Fsp3) is 0.500. The Kier molecular flexibility index (Phi) is 4.07. The van der Waals surface area contributed by atoms with Crippen molar-refractivity contribution < 1.29 is 4.79 Å². The molecular weight excluding hydrogens is 226 g/mol. The Morgan fingerprint density at radius 3 is 2.89 bits per heavy atom. The maximum absolute atomic E-state index is 12.0. The number of benzene rings is 1. The third-order valence-electron chi connectivity index (χ3n) is 3.37. The molecule has 2 N–H and O–H groups in total. The average Bonchev–Trinajstić information content (AvgIpc) is 2.40. The van der Waals surface area contributed by atoms with Crippen LogP contribution in [0.15, 0.2) is 18.2 Å². The van der Waals surface area contributed by atoms with Gasteiger partial charge in [-0.15, -0.1) is 0 Å². The van der Waals surface area contributed by atoms with Crippen LogP contribution in [-0.2, 0) is 6.42 Å². The van der Waals surface area contributed by atoms with Crippen LogP contribution in [0.4, 0.5) is 16.2 Å². The Bertz CT molecular complexity index is 427. The summed E-state index contributed by atoms with van der Waals surface area (Å²) in [6, 6.07) is 6.05. The molecule has 1 heterocycles. The normalized spacial score (nSPS) is 13.4. The van der Waals surface area contributed by atoms with Crippen LogP contribution in [0.1, 0.15) is 25.8 Å². The number of para-hydroxylation sites is 1. The van der Waals surface area contributed by atoms with Gasteiger partial charge < -0.3 is 15.5 Å². The van der Waals surface area contributed by atoms with E-state index in [9.17, 15) is 4.79 Å². The van der Waals surface area contributed by atoms with E-state index in [4.69, 9.17) is 0 Å². The van der Waals surface area contributed by atoms with Gasteiger partial charge in [0.15, 0.2) is 0 Å². The first-order valence-electron chi connectivity index (χ1n) is 6.68. The minimum Gasteiger partial charge on any atom is -0.383 e. The van der Waals surface area contributed by atoms with Crippen molar-refractivity contribution in [2.45, 2.75) is 26.7 Å². The van der Waals surface area contributed by atoms with E-state index < -0.39 is 0 Å². The van der Waals surface area contributed by atoms with E-state index in [0.717, 1.165) is 43.9 Å². The highest BCUT2D eigenvalue weighted by atomic mass is 16.2. The molecule has 0 fully saturated rings. The Balaban J connectivity index is 2.16. The molecule has 4 nitrogen and oxygen atoms in total. The zero-order chi connectivity index (χ0) is 13.0. The van der Waals surface area contributed by atoms with Crippen molar-refractivity contribution in [3.8, 4) is 0 Å². The number of carbonyl (C=O) groups excluding carboxylic acids is 1. The highest BCUT2D eigenvalue weighted by Crippen LogP contribution is 2.30. The number of rotatable bonds is 3. The van der Waals surface area contributed by atoms with Crippen LogP contribution < -0.4 is 10.6 Å². The smallest absolute Gasteiger partial charge is 0.321 e. The van der Waals surface area contributed by atoms with Crippen LogP contribution in [0.5, 0.6) is 0 Å². The van der Waals surface area contributed by atoms with E-state index in [1.165, 1.54) is 5.56 Å². The van der Waals surface area contributed by atoms with Crippen molar-refractivity contribution >= 4 is 17.4 Å². The molecule has 18 heavy (non-hydrogen) atoms. The average molecular weight is 247 g/mol. The zero-order valence-electron chi connectivity index (χ0n) is 11.1. The number of carbonyl (C=O) groups is 1. The van der Waals surface area contributed by atoms with E-state index in [2.05, 4.69) is 16.7 Å². The van der Waals surface area contributed by atoms with E-state index in [0.29, 0.717) is 0 Å². The number of hydrogen-bond acceptors (Lipinski definition) is 2. The minimum atomic E-state index is -0.0271. The summed E-state index contributed by atoms with van der Waals surface area (Å²) in [7, 11) is 0. The van der Waals surface area contributed by atoms with Crippen molar-refractivity contribution in [2.75, 3.05) is 30.3 Å². The number of amides is 2. The lowest BCUT2D eigenvalue weighted by atomic mass is 10.0. The van der Waals surface area contributed by atoms with Crippen LogP contribution in [0, 0.1) is 0 Å². The third kappa shape index (κ3) is 2.58. The number of anilines is 2. The van der Waals surface area contributed by atoms with Gasteiger partial charge in [0.2, 0.25) is 0 Å². The lowest BCUT2D eigenvalue weighted by molar-refractivity contribution is 0.217. The van der Waals surface area contributed by atoms with Crippen molar-refractivity contribution in [1.29, 1.82) is 0 Å². The molecule has 1 aliphatic rings. The lowest BCUT2D eigenvalue weighted by Crippen LogP contribution is -2.34. The van der Waals surface area contributed by atoms with Crippen LogP contribution in [0.3, 0.4) is 0 Å². The summed E-state index contributed by atoms with van der Waals surface area (Å²) in [5.41, 5.74) is 3.27.